The maximum Gasteiger partial charge on any atom is 0.259 e. The van der Waals surface area contributed by atoms with Crippen LogP contribution in [0.25, 0.3) is 10.8 Å². The zero-order chi connectivity index (χ0) is 19.1. The summed E-state index contributed by atoms with van der Waals surface area (Å²) in [5.41, 5.74) is 4.29. The standard InChI is InChI=1S/C22H23N3O2/c1-16(2)27-21-13-12-17-8-6-7-11-19(17)20(21)14-24-25-22(26)15-23-18-9-4-3-5-10-18/h3-14,16,23H,15H2,1-2H3,(H,25,26)/b24-14-. The first-order chi connectivity index (χ1) is 13.1. The van der Waals surface area contributed by atoms with Crippen LogP contribution in [0.1, 0.15) is 19.4 Å². The summed E-state index contributed by atoms with van der Waals surface area (Å²) in [5.74, 6) is 0.519. The maximum atomic E-state index is 12.0. The van der Waals surface area contributed by atoms with Gasteiger partial charge in [0, 0.05) is 11.3 Å². The summed E-state index contributed by atoms with van der Waals surface area (Å²) in [6.07, 6.45) is 1.68. The lowest BCUT2D eigenvalue weighted by Gasteiger charge is -2.14. The summed E-state index contributed by atoms with van der Waals surface area (Å²) in [7, 11) is 0. The van der Waals surface area contributed by atoms with Crippen LogP contribution in [0.2, 0.25) is 0 Å². The topological polar surface area (TPSA) is 62.7 Å². The van der Waals surface area contributed by atoms with E-state index in [1.807, 2.05) is 80.6 Å². The molecule has 0 atom stereocenters. The first-order valence-electron chi connectivity index (χ1n) is 8.92. The lowest BCUT2D eigenvalue weighted by Crippen LogP contribution is -2.25. The summed E-state index contributed by atoms with van der Waals surface area (Å²) in [4.78, 5) is 12.0. The van der Waals surface area contributed by atoms with E-state index in [4.69, 9.17) is 4.74 Å². The van der Waals surface area contributed by atoms with E-state index in [-0.39, 0.29) is 18.6 Å². The minimum Gasteiger partial charge on any atom is -0.490 e. The molecule has 0 aromatic heterocycles. The SMILES string of the molecule is CC(C)Oc1ccc2ccccc2c1/C=N\NC(=O)CNc1ccccc1. The van der Waals surface area contributed by atoms with Crippen LogP contribution >= 0.6 is 0 Å². The Hall–Kier alpha value is -3.34. The van der Waals surface area contributed by atoms with Gasteiger partial charge < -0.3 is 10.1 Å². The molecule has 0 saturated heterocycles. The highest BCUT2D eigenvalue weighted by molar-refractivity contribution is 6.02. The third kappa shape index (κ3) is 5.07. The third-order valence-electron chi connectivity index (χ3n) is 3.90. The van der Waals surface area contributed by atoms with Gasteiger partial charge in [-0.2, -0.15) is 5.10 Å². The lowest BCUT2D eigenvalue weighted by atomic mass is 10.0. The normalized spacial score (nSPS) is 11.1. The van der Waals surface area contributed by atoms with Gasteiger partial charge in [-0.3, -0.25) is 4.79 Å². The zero-order valence-electron chi connectivity index (χ0n) is 15.5. The van der Waals surface area contributed by atoms with Crippen LogP contribution in [0.3, 0.4) is 0 Å². The van der Waals surface area contributed by atoms with Crippen LogP contribution in [0, 0.1) is 0 Å². The number of nitrogens with one attached hydrogen (secondary N) is 2. The van der Waals surface area contributed by atoms with Crippen molar-refractivity contribution in [2.75, 3.05) is 11.9 Å². The third-order valence-corrected chi connectivity index (χ3v) is 3.90. The summed E-state index contributed by atoms with van der Waals surface area (Å²) in [6.45, 7) is 4.10. The molecule has 3 aromatic carbocycles. The highest BCUT2D eigenvalue weighted by atomic mass is 16.5. The molecular weight excluding hydrogens is 338 g/mol. The molecule has 3 rings (SSSR count). The Morgan fingerprint density at radius 2 is 1.78 bits per heavy atom. The highest BCUT2D eigenvalue weighted by Gasteiger charge is 2.09. The zero-order valence-corrected chi connectivity index (χ0v) is 15.5. The number of amides is 1. The Bertz CT molecular complexity index is 937. The fourth-order valence-corrected chi connectivity index (χ4v) is 2.71. The van der Waals surface area contributed by atoms with E-state index in [0.29, 0.717) is 0 Å². The van der Waals surface area contributed by atoms with Crippen molar-refractivity contribution in [1.82, 2.24) is 5.43 Å². The molecule has 3 aromatic rings. The van der Waals surface area contributed by atoms with E-state index in [0.717, 1.165) is 27.8 Å². The lowest BCUT2D eigenvalue weighted by molar-refractivity contribution is -0.119. The Balaban J connectivity index is 1.71. The minimum atomic E-state index is -0.221. The Morgan fingerprint density at radius 3 is 2.56 bits per heavy atom. The van der Waals surface area contributed by atoms with Gasteiger partial charge in [0.25, 0.3) is 5.91 Å². The van der Waals surface area contributed by atoms with Crippen molar-refractivity contribution in [3.63, 3.8) is 0 Å². The molecule has 0 spiro atoms. The number of hydrazone groups is 1. The maximum absolute atomic E-state index is 12.0. The van der Waals surface area contributed by atoms with Crippen molar-refractivity contribution in [3.05, 3.63) is 72.3 Å². The second-order valence-electron chi connectivity index (χ2n) is 6.38. The van der Waals surface area contributed by atoms with Crippen molar-refractivity contribution in [1.29, 1.82) is 0 Å². The van der Waals surface area contributed by atoms with Crippen molar-refractivity contribution in [3.8, 4) is 5.75 Å². The number of fused-ring (bicyclic) bond motifs is 1. The molecule has 0 saturated carbocycles. The molecule has 0 radical (unpaired) electrons. The van der Waals surface area contributed by atoms with Crippen LogP contribution in [0.5, 0.6) is 5.75 Å². The molecule has 5 heteroatoms. The van der Waals surface area contributed by atoms with Crippen molar-refractivity contribution < 1.29 is 9.53 Å². The van der Waals surface area contributed by atoms with Gasteiger partial charge in [0.1, 0.15) is 5.75 Å². The van der Waals surface area contributed by atoms with E-state index in [1.54, 1.807) is 6.21 Å². The molecule has 0 aliphatic rings. The summed E-state index contributed by atoms with van der Waals surface area (Å²) >= 11 is 0. The number of ether oxygens (including phenoxy) is 1. The number of carbonyl (C=O) groups excluding carboxylic acids is 1. The largest absolute Gasteiger partial charge is 0.490 e. The molecule has 0 fully saturated rings. The Labute approximate surface area is 159 Å². The minimum absolute atomic E-state index is 0.0444. The highest BCUT2D eigenvalue weighted by Crippen LogP contribution is 2.27. The summed E-state index contributed by atoms with van der Waals surface area (Å²) in [6, 6.07) is 21.5. The first kappa shape index (κ1) is 18.5. The number of benzene rings is 3. The van der Waals surface area contributed by atoms with Crippen LogP contribution < -0.4 is 15.5 Å². The monoisotopic (exact) mass is 361 g/mol. The molecule has 27 heavy (non-hydrogen) atoms. The predicted octanol–water partition coefficient (Wildman–Crippen LogP) is 4.19. The second-order valence-corrected chi connectivity index (χ2v) is 6.38. The molecule has 0 bridgehead atoms. The number of hydrogen-bond donors (Lipinski definition) is 2. The Kier molecular flexibility index (Phi) is 6.05. The smallest absolute Gasteiger partial charge is 0.259 e. The average molecular weight is 361 g/mol. The van der Waals surface area contributed by atoms with Crippen LogP contribution in [0.15, 0.2) is 71.8 Å². The number of hydrogen-bond acceptors (Lipinski definition) is 4. The first-order valence-corrected chi connectivity index (χ1v) is 8.92. The van der Waals surface area contributed by atoms with Crippen molar-refractivity contribution >= 4 is 28.6 Å². The quantitative estimate of drug-likeness (QED) is 0.490. The molecular formula is C22H23N3O2. The van der Waals surface area contributed by atoms with Crippen molar-refractivity contribution in [2.45, 2.75) is 20.0 Å². The molecule has 1 amide bonds. The van der Waals surface area contributed by atoms with E-state index in [9.17, 15) is 4.79 Å². The second kappa shape index (κ2) is 8.85. The molecule has 5 nitrogen and oxygen atoms in total. The van der Waals surface area contributed by atoms with Crippen molar-refractivity contribution in [2.24, 2.45) is 5.10 Å². The molecule has 0 unspecified atom stereocenters. The fourth-order valence-electron chi connectivity index (χ4n) is 2.71. The molecule has 138 valence electrons. The van der Waals surface area contributed by atoms with Gasteiger partial charge in [-0.05, 0) is 42.8 Å². The summed E-state index contributed by atoms with van der Waals surface area (Å²) < 4.78 is 5.90. The Morgan fingerprint density at radius 1 is 1.04 bits per heavy atom. The number of rotatable bonds is 7. The fraction of sp³-hybridized carbons (Fsp3) is 0.182. The van der Waals surface area contributed by atoms with Crippen LogP contribution in [-0.2, 0) is 4.79 Å². The van der Waals surface area contributed by atoms with E-state index in [1.165, 1.54) is 0 Å². The molecule has 0 aliphatic carbocycles. The molecule has 2 N–H and O–H groups in total. The predicted molar refractivity (Wildman–Crippen MR) is 110 cm³/mol. The van der Waals surface area contributed by atoms with Gasteiger partial charge >= 0.3 is 0 Å². The van der Waals surface area contributed by atoms with Crippen LogP contribution in [-0.4, -0.2) is 24.8 Å². The molecule has 0 heterocycles. The summed E-state index contributed by atoms with van der Waals surface area (Å²) in [5, 5.41) is 9.29. The van der Waals surface area contributed by atoms with Gasteiger partial charge in [0.15, 0.2) is 0 Å². The number of nitrogens with zero attached hydrogens (tertiary/aromatic N) is 1. The van der Waals surface area contributed by atoms with Gasteiger partial charge in [-0.25, -0.2) is 5.43 Å². The van der Waals surface area contributed by atoms with Crippen LogP contribution in [0.4, 0.5) is 5.69 Å². The van der Waals surface area contributed by atoms with Gasteiger partial charge in [0.05, 0.1) is 18.9 Å². The van der Waals surface area contributed by atoms with Gasteiger partial charge in [0.2, 0.25) is 0 Å². The number of carbonyl (C=O) groups is 1. The average Bonchev–Trinajstić information content (AvgIpc) is 2.68. The number of para-hydroxylation sites is 1. The van der Waals surface area contributed by atoms with E-state index >= 15 is 0 Å². The van der Waals surface area contributed by atoms with Gasteiger partial charge in [-0.1, -0.05) is 48.5 Å². The van der Waals surface area contributed by atoms with Gasteiger partial charge in [-0.15, -0.1) is 0 Å². The van der Waals surface area contributed by atoms with E-state index < -0.39 is 0 Å². The number of anilines is 1. The molecule has 0 aliphatic heterocycles. The van der Waals surface area contributed by atoms with E-state index in [2.05, 4.69) is 15.8 Å².